The van der Waals surface area contributed by atoms with Gasteiger partial charge in [-0.3, -0.25) is 9.59 Å². The molecule has 0 saturated carbocycles. The van der Waals surface area contributed by atoms with Crippen LogP contribution in [0.3, 0.4) is 0 Å². The van der Waals surface area contributed by atoms with E-state index < -0.39 is 147 Å². The number of ether oxygens (including phenoxy) is 7. The van der Waals surface area contributed by atoms with E-state index in [9.17, 15) is 65.4 Å². The maximum atomic E-state index is 12.6. The third kappa shape index (κ3) is 8.52. The van der Waals surface area contributed by atoms with Gasteiger partial charge in [0.05, 0.1) is 18.8 Å². The van der Waals surface area contributed by atoms with E-state index in [1.165, 1.54) is 13.8 Å². The van der Waals surface area contributed by atoms with Crippen LogP contribution in [-0.2, 0) is 47.5 Å². The first kappa shape index (κ1) is 40.5. The molecule has 0 aromatic heterocycles. The lowest BCUT2D eigenvalue weighted by molar-refractivity contribution is -0.377. The van der Waals surface area contributed by atoms with Crippen molar-refractivity contribution in [1.82, 2.24) is 10.6 Å². The first-order valence-corrected chi connectivity index (χ1v) is 15.8. The van der Waals surface area contributed by atoms with Gasteiger partial charge in [-0.05, 0) is 13.8 Å². The lowest BCUT2D eigenvalue weighted by Gasteiger charge is -2.51. The van der Waals surface area contributed by atoms with Crippen molar-refractivity contribution < 1.29 is 98.6 Å². The van der Waals surface area contributed by atoms with Gasteiger partial charge in [0.1, 0.15) is 79.2 Å². The summed E-state index contributed by atoms with van der Waals surface area (Å²) < 4.78 is 40.1. The molecule has 20 atom stereocenters. The number of carbonyl (C=O) groups excluding carboxylic acids is 2. The summed E-state index contributed by atoms with van der Waals surface area (Å²) in [4.78, 5) is 36.4. The Morgan fingerprint density at radius 2 is 1.10 bits per heavy atom. The fourth-order valence-corrected chi connectivity index (χ4v) is 6.24. The maximum absolute atomic E-state index is 12.6. The van der Waals surface area contributed by atoms with Crippen molar-refractivity contribution in [3.8, 4) is 0 Å². The third-order valence-electron chi connectivity index (χ3n) is 8.89. The molecule has 4 saturated heterocycles. The minimum absolute atomic E-state index is 0.643. The summed E-state index contributed by atoms with van der Waals surface area (Å²) >= 11 is 0. The van der Waals surface area contributed by atoms with E-state index >= 15 is 0 Å². The van der Waals surface area contributed by atoms with Gasteiger partial charge in [0.25, 0.3) is 0 Å². The summed E-state index contributed by atoms with van der Waals surface area (Å²) in [5, 5.41) is 108. The lowest BCUT2D eigenvalue weighted by Crippen LogP contribution is -2.71. The SMILES string of the molecule is CC(=O)NC1C(O)OC(C)C(O)C1OC1OC(C)C(OC2OC(CO)C(O)C(O)C2O)C(OC2OC(C(=O)O)C(O)C(O)C2O)C1NC(C)=O. The summed E-state index contributed by atoms with van der Waals surface area (Å²) in [6.07, 6.45) is -31.4. The predicted octanol–water partition coefficient (Wildman–Crippen LogP) is -7.31. The van der Waals surface area contributed by atoms with Crippen LogP contribution in [0.1, 0.15) is 27.7 Å². The number of carboxylic acid groups (broad SMARTS) is 1. The van der Waals surface area contributed by atoms with Gasteiger partial charge >= 0.3 is 5.97 Å². The van der Waals surface area contributed by atoms with Crippen molar-refractivity contribution in [1.29, 1.82) is 0 Å². The van der Waals surface area contributed by atoms with Crippen LogP contribution < -0.4 is 10.6 Å². The van der Waals surface area contributed by atoms with Gasteiger partial charge in [-0.1, -0.05) is 0 Å². The van der Waals surface area contributed by atoms with Crippen molar-refractivity contribution in [2.75, 3.05) is 6.61 Å². The molecule has 22 nitrogen and oxygen atoms in total. The number of hydrogen-bond donors (Lipinski definition) is 12. The molecular formula is C28H46N2O20. The fourth-order valence-electron chi connectivity index (χ4n) is 6.24. The van der Waals surface area contributed by atoms with Gasteiger partial charge in [-0.15, -0.1) is 0 Å². The highest BCUT2D eigenvalue weighted by Crippen LogP contribution is 2.35. The highest BCUT2D eigenvalue weighted by atomic mass is 16.8. The quantitative estimate of drug-likeness (QED) is 0.0993. The Kier molecular flexibility index (Phi) is 13.5. The molecule has 0 aromatic rings. The minimum atomic E-state index is -2.12. The second kappa shape index (κ2) is 16.6. The molecule has 12 N–H and O–H groups in total. The number of hydrogen-bond acceptors (Lipinski definition) is 19. The Balaban J connectivity index is 1.75. The van der Waals surface area contributed by atoms with Crippen LogP contribution in [0.2, 0.25) is 0 Å². The van der Waals surface area contributed by atoms with E-state index in [2.05, 4.69) is 10.6 Å². The second-order valence-corrected chi connectivity index (χ2v) is 12.6. The normalized spacial score (nSPS) is 48.4. The van der Waals surface area contributed by atoms with Crippen LogP contribution in [0.15, 0.2) is 0 Å². The number of carbonyl (C=O) groups is 3. The topological polar surface area (TPSA) is 342 Å². The van der Waals surface area contributed by atoms with Gasteiger partial charge in [0, 0.05) is 13.8 Å². The Morgan fingerprint density at radius 3 is 1.66 bits per heavy atom. The van der Waals surface area contributed by atoms with E-state index in [-0.39, 0.29) is 0 Å². The monoisotopic (exact) mass is 730 g/mol. The first-order valence-electron chi connectivity index (χ1n) is 15.8. The van der Waals surface area contributed by atoms with Crippen LogP contribution in [0.4, 0.5) is 0 Å². The summed E-state index contributed by atoms with van der Waals surface area (Å²) in [6, 6.07) is -2.99. The molecule has 0 bridgehead atoms. The molecule has 20 unspecified atom stereocenters. The van der Waals surface area contributed by atoms with Gasteiger partial charge in [0.2, 0.25) is 11.8 Å². The molecule has 22 heteroatoms. The number of carboxylic acids is 1. The number of amides is 2. The Bertz CT molecular complexity index is 1180. The maximum Gasteiger partial charge on any atom is 0.335 e. The summed E-state index contributed by atoms with van der Waals surface area (Å²) in [5.74, 6) is -3.14. The zero-order valence-corrected chi connectivity index (χ0v) is 27.3. The Morgan fingerprint density at radius 1 is 0.580 bits per heavy atom. The zero-order chi connectivity index (χ0) is 37.4. The predicted molar refractivity (Wildman–Crippen MR) is 155 cm³/mol. The molecule has 0 aliphatic carbocycles. The summed E-state index contributed by atoms with van der Waals surface area (Å²) in [6.45, 7) is 4.15. The van der Waals surface area contributed by atoms with E-state index in [0.717, 1.165) is 13.8 Å². The van der Waals surface area contributed by atoms with Gasteiger partial charge < -0.3 is 94.9 Å². The van der Waals surface area contributed by atoms with Gasteiger partial charge in [-0.25, -0.2) is 4.79 Å². The highest BCUT2D eigenvalue weighted by Gasteiger charge is 2.56. The molecule has 0 aromatic carbocycles. The molecule has 2 amide bonds. The average Bonchev–Trinajstić information content (AvgIpc) is 3.04. The van der Waals surface area contributed by atoms with Crippen molar-refractivity contribution >= 4 is 17.8 Å². The van der Waals surface area contributed by atoms with Crippen molar-refractivity contribution in [2.24, 2.45) is 0 Å². The smallest absolute Gasteiger partial charge is 0.335 e. The number of aliphatic hydroxyl groups excluding tert-OH is 9. The second-order valence-electron chi connectivity index (χ2n) is 12.6. The van der Waals surface area contributed by atoms with Gasteiger partial charge in [-0.2, -0.15) is 0 Å². The van der Waals surface area contributed by atoms with E-state index in [4.69, 9.17) is 33.2 Å². The number of nitrogens with one attached hydrogen (secondary N) is 2. The molecule has 0 spiro atoms. The lowest BCUT2D eigenvalue weighted by atomic mass is 9.93. The summed E-state index contributed by atoms with van der Waals surface area (Å²) in [5.41, 5.74) is 0. The number of aliphatic carboxylic acids is 1. The largest absolute Gasteiger partial charge is 0.479 e. The Hall–Kier alpha value is -2.23. The van der Waals surface area contributed by atoms with Gasteiger partial charge in [0.15, 0.2) is 31.3 Å². The highest BCUT2D eigenvalue weighted by molar-refractivity contribution is 5.74. The summed E-state index contributed by atoms with van der Waals surface area (Å²) in [7, 11) is 0. The molecule has 288 valence electrons. The van der Waals surface area contributed by atoms with Crippen molar-refractivity contribution in [2.45, 2.75) is 150 Å². The van der Waals surface area contributed by atoms with Crippen LogP contribution in [0, 0.1) is 0 Å². The van der Waals surface area contributed by atoms with Crippen LogP contribution >= 0.6 is 0 Å². The molecule has 4 aliphatic rings. The molecule has 4 heterocycles. The molecule has 0 radical (unpaired) electrons. The van der Waals surface area contributed by atoms with Crippen LogP contribution in [-0.4, -0.2) is 198 Å². The van der Waals surface area contributed by atoms with Crippen LogP contribution in [0.25, 0.3) is 0 Å². The van der Waals surface area contributed by atoms with E-state index in [1.807, 2.05) is 0 Å². The van der Waals surface area contributed by atoms with E-state index in [0.29, 0.717) is 0 Å². The van der Waals surface area contributed by atoms with Crippen molar-refractivity contribution in [3.63, 3.8) is 0 Å². The fraction of sp³-hybridized carbons (Fsp3) is 0.893. The molecule has 50 heavy (non-hydrogen) atoms. The Labute approximate surface area is 284 Å². The number of rotatable bonds is 10. The first-order chi connectivity index (χ1) is 23.4. The van der Waals surface area contributed by atoms with Crippen molar-refractivity contribution in [3.05, 3.63) is 0 Å². The van der Waals surface area contributed by atoms with E-state index in [1.54, 1.807) is 0 Å². The molecule has 4 fully saturated rings. The number of aliphatic hydroxyl groups is 9. The minimum Gasteiger partial charge on any atom is -0.479 e. The average molecular weight is 731 g/mol. The third-order valence-corrected chi connectivity index (χ3v) is 8.89. The standard InChI is InChI=1S/C28H46N2O20/c1-6-13(34)21(11(25(43)44-6)29-8(3)32)48-26-12(30-9(4)33)22(49-28-19(40)16(37)17(38)23(50-28)24(41)42)20(7(2)45-26)47-27-18(39)15(36)14(35)10(5-31)46-27/h6-7,10-23,25-28,31,34-40,43H,5H2,1-4H3,(H,29,32)(H,30,33)(H,41,42). The molecule has 4 aliphatic heterocycles. The zero-order valence-electron chi connectivity index (χ0n) is 27.3. The molecular weight excluding hydrogens is 684 g/mol. The van der Waals surface area contributed by atoms with Crippen LogP contribution in [0.5, 0.6) is 0 Å². The molecule has 4 rings (SSSR count).